The van der Waals surface area contributed by atoms with Crippen molar-refractivity contribution in [2.24, 2.45) is 0 Å². The van der Waals surface area contributed by atoms with E-state index in [1.165, 1.54) is 18.3 Å². The second kappa shape index (κ2) is 5.56. The van der Waals surface area contributed by atoms with Crippen LogP contribution in [0.3, 0.4) is 0 Å². The predicted molar refractivity (Wildman–Crippen MR) is 73.8 cm³/mol. The fourth-order valence-corrected chi connectivity index (χ4v) is 3.22. The van der Waals surface area contributed by atoms with Crippen LogP contribution < -0.4 is 10.5 Å². The summed E-state index contributed by atoms with van der Waals surface area (Å²) in [5, 5.41) is 0. The molecule has 1 aromatic heterocycles. The number of halogens is 1. The Hall–Kier alpha value is -1.99. The molecule has 20 heavy (non-hydrogen) atoms. The highest BCUT2D eigenvalue weighted by atomic mass is 32.2. The number of rotatable bonds is 4. The van der Waals surface area contributed by atoms with Crippen molar-refractivity contribution >= 4 is 15.7 Å². The lowest BCUT2D eigenvalue weighted by Gasteiger charge is -2.15. The second-order valence-corrected chi connectivity index (χ2v) is 5.94. The molecule has 0 radical (unpaired) electrons. The van der Waals surface area contributed by atoms with Crippen molar-refractivity contribution in [3.05, 3.63) is 54.1 Å². The molecule has 106 valence electrons. The van der Waals surface area contributed by atoms with Gasteiger partial charge in [0.1, 0.15) is 10.7 Å². The maximum atomic E-state index is 13.7. The molecule has 1 aromatic carbocycles. The van der Waals surface area contributed by atoms with Crippen LogP contribution in [0.1, 0.15) is 18.5 Å². The summed E-state index contributed by atoms with van der Waals surface area (Å²) in [4.78, 5) is 3.38. The fraction of sp³-hybridized carbons (Fsp3) is 0.154. The Bertz CT molecular complexity index is 685. The van der Waals surface area contributed by atoms with Crippen molar-refractivity contribution < 1.29 is 12.8 Å². The van der Waals surface area contributed by atoms with Gasteiger partial charge in [-0.2, -0.15) is 0 Å². The number of nitrogens with zero attached hydrogens (tertiary/aromatic N) is 1. The van der Waals surface area contributed by atoms with E-state index in [9.17, 15) is 12.8 Å². The first kappa shape index (κ1) is 14.4. The summed E-state index contributed by atoms with van der Waals surface area (Å²) in [6.07, 6.45) is 3.12. The predicted octanol–water partition coefficient (Wildman–Crippen LogP) is 1.84. The number of sulfonamides is 1. The van der Waals surface area contributed by atoms with Gasteiger partial charge >= 0.3 is 0 Å². The van der Waals surface area contributed by atoms with Gasteiger partial charge in [-0.05, 0) is 30.7 Å². The molecule has 0 saturated heterocycles. The minimum absolute atomic E-state index is 0.129. The molecule has 2 rings (SSSR count). The molecule has 0 aliphatic rings. The molecule has 1 atom stereocenters. The fourth-order valence-electron chi connectivity index (χ4n) is 1.80. The van der Waals surface area contributed by atoms with E-state index in [1.54, 1.807) is 25.3 Å². The zero-order valence-corrected chi connectivity index (χ0v) is 11.6. The Morgan fingerprint density at radius 2 is 2.05 bits per heavy atom. The molecule has 0 bridgehead atoms. The Balaban J connectivity index is 2.33. The SMILES string of the molecule is CC(NS(=O)(=O)c1c(N)cccc1F)c1cccnc1. The van der Waals surface area contributed by atoms with Crippen LogP contribution in [-0.2, 0) is 10.0 Å². The van der Waals surface area contributed by atoms with E-state index >= 15 is 0 Å². The quantitative estimate of drug-likeness (QED) is 0.843. The van der Waals surface area contributed by atoms with Gasteiger partial charge in [0.05, 0.1) is 5.69 Å². The van der Waals surface area contributed by atoms with Crippen LogP contribution in [0.5, 0.6) is 0 Å². The van der Waals surface area contributed by atoms with Gasteiger partial charge in [-0.1, -0.05) is 12.1 Å². The lowest BCUT2D eigenvalue weighted by atomic mass is 10.2. The van der Waals surface area contributed by atoms with Crippen molar-refractivity contribution in [2.45, 2.75) is 17.9 Å². The van der Waals surface area contributed by atoms with E-state index in [0.717, 1.165) is 6.07 Å². The minimum Gasteiger partial charge on any atom is -0.398 e. The van der Waals surface area contributed by atoms with Crippen LogP contribution in [-0.4, -0.2) is 13.4 Å². The van der Waals surface area contributed by atoms with Gasteiger partial charge in [0.2, 0.25) is 10.0 Å². The molecule has 0 aliphatic heterocycles. The first-order valence-corrected chi connectivity index (χ1v) is 7.36. The zero-order chi connectivity index (χ0) is 14.8. The van der Waals surface area contributed by atoms with Gasteiger partial charge in [-0.15, -0.1) is 0 Å². The number of pyridine rings is 1. The lowest BCUT2D eigenvalue weighted by molar-refractivity contribution is 0.548. The van der Waals surface area contributed by atoms with E-state index in [0.29, 0.717) is 5.56 Å². The van der Waals surface area contributed by atoms with Gasteiger partial charge in [0.25, 0.3) is 0 Å². The van der Waals surface area contributed by atoms with Gasteiger partial charge in [0, 0.05) is 18.4 Å². The van der Waals surface area contributed by atoms with Gasteiger partial charge in [-0.25, -0.2) is 17.5 Å². The Morgan fingerprint density at radius 3 is 2.65 bits per heavy atom. The summed E-state index contributed by atoms with van der Waals surface area (Å²) in [5.41, 5.74) is 6.09. The number of nitrogens with two attached hydrogens (primary N) is 1. The van der Waals surface area contributed by atoms with Crippen molar-refractivity contribution in [2.75, 3.05) is 5.73 Å². The van der Waals surface area contributed by atoms with Crippen molar-refractivity contribution in [1.82, 2.24) is 9.71 Å². The molecular weight excluding hydrogens is 281 g/mol. The lowest BCUT2D eigenvalue weighted by Crippen LogP contribution is -2.28. The maximum Gasteiger partial charge on any atom is 0.246 e. The van der Waals surface area contributed by atoms with Crippen molar-refractivity contribution in [1.29, 1.82) is 0 Å². The number of anilines is 1. The topological polar surface area (TPSA) is 85.1 Å². The number of aromatic nitrogens is 1. The third-order valence-corrected chi connectivity index (χ3v) is 4.41. The average molecular weight is 295 g/mol. The van der Waals surface area contributed by atoms with E-state index < -0.39 is 26.8 Å². The van der Waals surface area contributed by atoms with Crippen molar-refractivity contribution in [3.8, 4) is 0 Å². The van der Waals surface area contributed by atoms with E-state index in [-0.39, 0.29) is 5.69 Å². The molecule has 0 amide bonds. The summed E-state index contributed by atoms with van der Waals surface area (Å²) >= 11 is 0. The minimum atomic E-state index is -4.05. The van der Waals surface area contributed by atoms with Gasteiger partial charge < -0.3 is 5.73 Å². The van der Waals surface area contributed by atoms with Crippen LogP contribution in [0.2, 0.25) is 0 Å². The molecule has 7 heteroatoms. The molecule has 5 nitrogen and oxygen atoms in total. The summed E-state index contributed by atoms with van der Waals surface area (Å²) in [5.74, 6) is -0.879. The van der Waals surface area contributed by atoms with E-state index in [2.05, 4.69) is 9.71 Å². The number of benzene rings is 1. The summed E-state index contributed by atoms with van der Waals surface area (Å²) < 4.78 is 40.5. The molecule has 1 heterocycles. The van der Waals surface area contributed by atoms with Gasteiger partial charge in [0.15, 0.2) is 0 Å². The second-order valence-electron chi connectivity index (χ2n) is 4.29. The van der Waals surface area contributed by atoms with E-state index in [4.69, 9.17) is 5.73 Å². The summed E-state index contributed by atoms with van der Waals surface area (Å²) in [7, 11) is -4.05. The maximum absolute atomic E-state index is 13.7. The summed E-state index contributed by atoms with van der Waals surface area (Å²) in [6.45, 7) is 1.64. The van der Waals surface area contributed by atoms with Crippen LogP contribution >= 0.6 is 0 Å². The molecule has 0 saturated carbocycles. The number of nitrogen functional groups attached to an aromatic ring is 1. The first-order chi connectivity index (χ1) is 9.42. The van der Waals surface area contributed by atoms with Crippen LogP contribution in [0.25, 0.3) is 0 Å². The molecule has 1 unspecified atom stereocenters. The average Bonchev–Trinajstić information content (AvgIpc) is 2.38. The summed E-state index contributed by atoms with van der Waals surface area (Å²) in [6, 6.07) is 6.62. The Kier molecular flexibility index (Phi) is 4.01. The van der Waals surface area contributed by atoms with Gasteiger partial charge in [-0.3, -0.25) is 4.98 Å². The monoisotopic (exact) mass is 295 g/mol. The zero-order valence-electron chi connectivity index (χ0n) is 10.7. The van der Waals surface area contributed by atoms with Crippen LogP contribution in [0.15, 0.2) is 47.6 Å². The highest BCUT2D eigenvalue weighted by molar-refractivity contribution is 7.89. The molecule has 0 spiro atoms. The highest BCUT2D eigenvalue weighted by Gasteiger charge is 2.24. The normalized spacial score (nSPS) is 13.1. The standard InChI is InChI=1S/C13H14FN3O2S/c1-9(10-4-3-7-16-8-10)17-20(18,19)13-11(14)5-2-6-12(13)15/h2-9,17H,15H2,1H3. The van der Waals surface area contributed by atoms with Crippen LogP contribution in [0.4, 0.5) is 10.1 Å². The molecular formula is C13H14FN3O2S. The number of hydrogen-bond acceptors (Lipinski definition) is 4. The third kappa shape index (κ3) is 2.94. The number of hydrogen-bond donors (Lipinski definition) is 2. The smallest absolute Gasteiger partial charge is 0.246 e. The molecule has 0 fully saturated rings. The molecule has 3 N–H and O–H groups in total. The molecule has 0 aliphatic carbocycles. The largest absolute Gasteiger partial charge is 0.398 e. The number of nitrogens with one attached hydrogen (secondary N) is 1. The highest BCUT2D eigenvalue weighted by Crippen LogP contribution is 2.23. The van der Waals surface area contributed by atoms with Crippen molar-refractivity contribution in [3.63, 3.8) is 0 Å². The Labute approximate surface area is 116 Å². The first-order valence-electron chi connectivity index (χ1n) is 5.88. The third-order valence-electron chi connectivity index (χ3n) is 2.78. The van der Waals surface area contributed by atoms with Crippen LogP contribution in [0, 0.1) is 5.82 Å². The van der Waals surface area contributed by atoms with E-state index in [1.807, 2.05) is 0 Å². The Morgan fingerprint density at radius 1 is 1.30 bits per heavy atom. The molecule has 2 aromatic rings.